The van der Waals surface area contributed by atoms with E-state index in [1.807, 2.05) is 30.8 Å². The van der Waals surface area contributed by atoms with Gasteiger partial charge in [-0.05, 0) is 38.2 Å². The molecular weight excluding hydrogens is 290 g/mol. The van der Waals surface area contributed by atoms with Crippen LogP contribution in [0.1, 0.15) is 37.2 Å². The molecule has 0 bridgehead atoms. The third kappa shape index (κ3) is 2.44. The first-order chi connectivity index (χ1) is 9.67. The van der Waals surface area contributed by atoms with Gasteiger partial charge >= 0.3 is 0 Å². The van der Waals surface area contributed by atoms with Gasteiger partial charge in [0.2, 0.25) is 0 Å². The van der Waals surface area contributed by atoms with Gasteiger partial charge in [-0.2, -0.15) is 11.8 Å². The Balaban J connectivity index is 2.06. The minimum absolute atomic E-state index is 0.333. The summed E-state index contributed by atoms with van der Waals surface area (Å²) in [5.41, 5.74) is 2.98. The molecule has 1 aliphatic carbocycles. The fraction of sp³-hybridized carbons (Fsp3) is 0.600. The van der Waals surface area contributed by atoms with Gasteiger partial charge in [0.15, 0.2) is 5.65 Å². The summed E-state index contributed by atoms with van der Waals surface area (Å²) in [5, 5.41) is 0. The van der Waals surface area contributed by atoms with Gasteiger partial charge in [0, 0.05) is 17.0 Å². The number of aromatic nitrogens is 3. The van der Waals surface area contributed by atoms with Crippen LogP contribution in [0.25, 0.3) is 11.2 Å². The molecule has 0 aromatic carbocycles. The van der Waals surface area contributed by atoms with Crippen molar-refractivity contribution < 1.29 is 0 Å². The molecule has 2 heterocycles. The maximum atomic E-state index is 6.10. The Kier molecular flexibility index (Phi) is 3.95. The number of rotatable bonds is 4. The van der Waals surface area contributed by atoms with Crippen molar-refractivity contribution in [2.45, 2.75) is 49.8 Å². The van der Waals surface area contributed by atoms with Crippen molar-refractivity contribution >= 4 is 34.5 Å². The maximum Gasteiger partial charge on any atom is 0.160 e. The number of nitrogens with zero attached hydrogens (tertiary/aromatic N) is 3. The smallest absolute Gasteiger partial charge is 0.160 e. The summed E-state index contributed by atoms with van der Waals surface area (Å²) in [4.78, 5) is 9.32. The molecule has 0 radical (unpaired) electrons. The molecule has 20 heavy (non-hydrogen) atoms. The van der Waals surface area contributed by atoms with E-state index >= 15 is 0 Å². The zero-order valence-corrected chi connectivity index (χ0v) is 13.6. The summed E-state index contributed by atoms with van der Waals surface area (Å²) in [6.07, 6.45) is 7.44. The van der Waals surface area contributed by atoms with Gasteiger partial charge in [-0.1, -0.05) is 12.8 Å². The second-order valence-electron chi connectivity index (χ2n) is 5.64. The number of pyridine rings is 1. The van der Waals surface area contributed by atoms with Crippen LogP contribution in [0.2, 0.25) is 0 Å². The van der Waals surface area contributed by atoms with Gasteiger partial charge in [0.1, 0.15) is 11.3 Å². The second-order valence-corrected chi connectivity index (χ2v) is 7.18. The number of imidazole rings is 1. The van der Waals surface area contributed by atoms with Crippen LogP contribution in [-0.4, -0.2) is 25.5 Å². The first-order valence-corrected chi connectivity index (χ1v) is 8.87. The van der Waals surface area contributed by atoms with Crippen LogP contribution >= 0.6 is 23.4 Å². The Bertz CT molecular complexity index is 617. The predicted molar refractivity (Wildman–Crippen MR) is 86.5 cm³/mol. The van der Waals surface area contributed by atoms with E-state index in [9.17, 15) is 0 Å². The molecule has 0 N–H and O–H groups in total. The number of halogens is 1. The molecule has 0 atom stereocenters. The molecule has 0 unspecified atom stereocenters. The van der Waals surface area contributed by atoms with Crippen LogP contribution < -0.4 is 0 Å². The fourth-order valence-electron chi connectivity index (χ4n) is 3.15. The monoisotopic (exact) mass is 309 g/mol. The lowest BCUT2D eigenvalue weighted by Crippen LogP contribution is -2.27. The molecule has 0 spiro atoms. The SMILES string of the molecule is CSC1(Cn2c(CCl)nc3ccc(C)nc32)CCCC1. The first-order valence-electron chi connectivity index (χ1n) is 7.11. The number of aryl methyl sites for hydroxylation is 1. The zero-order chi connectivity index (χ0) is 14.2. The van der Waals surface area contributed by atoms with E-state index in [0.717, 1.165) is 29.2 Å². The number of hydrogen-bond donors (Lipinski definition) is 0. The highest BCUT2D eigenvalue weighted by molar-refractivity contribution is 8.00. The molecule has 3 nitrogen and oxygen atoms in total. The van der Waals surface area contributed by atoms with Gasteiger partial charge in [-0.15, -0.1) is 11.6 Å². The molecular formula is C15H20ClN3S. The highest BCUT2D eigenvalue weighted by atomic mass is 35.5. The van der Waals surface area contributed by atoms with Crippen molar-refractivity contribution in [3.05, 3.63) is 23.7 Å². The average Bonchev–Trinajstić information content (AvgIpc) is 3.05. The van der Waals surface area contributed by atoms with Crippen molar-refractivity contribution in [1.82, 2.24) is 14.5 Å². The van der Waals surface area contributed by atoms with Crippen LogP contribution in [0.15, 0.2) is 12.1 Å². The molecule has 0 saturated heterocycles. The predicted octanol–water partition coefficient (Wildman–Crippen LogP) is 4.15. The fourth-order valence-corrected chi connectivity index (χ4v) is 4.30. The summed E-state index contributed by atoms with van der Waals surface area (Å²) in [6, 6.07) is 4.06. The Hall–Kier alpha value is -0.740. The van der Waals surface area contributed by atoms with Gasteiger partial charge in [0.25, 0.3) is 0 Å². The van der Waals surface area contributed by atoms with Crippen LogP contribution in [0, 0.1) is 6.92 Å². The molecule has 0 aliphatic heterocycles. The van der Waals surface area contributed by atoms with E-state index < -0.39 is 0 Å². The quantitative estimate of drug-likeness (QED) is 0.795. The Morgan fingerprint density at radius 2 is 2.05 bits per heavy atom. The Labute approximate surface area is 129 Å². The topological polar surface area (TPSA) is 30.7 Å². The minimum Gasteiger partial charge on any atom is -0.310 e. The number of hydrogen-bond acceptors (Lipinski definition) is 3. The lowest BCUT2D eigenvalue weighted by molar-refractivity contribution is 0.503. The summed E-state index contributed by atoms with van der Waals surface area (Å²) in [7, 11) is 0. The molecule has 5 heteroatoms. The Morgan fingerprint density at radius 1 is 1.30 bits per heavy atom. The molecule has 1 saturated carbocycles. The second kappa shape index (κ2) is 5.57. The molecule has 1 fully saturated rings. The number of alkyl halides is 1. The summed E-state index contributed by atoms with van der Waals surface area (Å²) >= 11 is 8.09. The van der Waals surface area contributed by atoms with Crippen molar-refractivity contribution in [1.29, 1.82) is 0 Å². The summed E-state index contributed by atoms with van der Waals surface area (Å²) in [6.45, 7) is 3.00. The molecule has 2 aromatic heterocycles. The molecule has 3 rings (SSSR count). The third-order valence-electron chi connectivity index (χ3n) is 4.32. The maximum absolute atomic E-state index is 6.10. The van der Waals surface area contributed by atoms with Gasteiger partial charge < -0.3 is 4.57 Å². The highest BCUT2D eigenvalue weighted by Crippen LogP contribution is 2.42. The van der Waals surface area contributed by atoms with Gasteiger partial charge in [-0.25, -0.2) is 9.97 Å². The summed E-state index contributed by atoms with van der Waals surface area (Å²) < 4.78 is 2.58. The molecule has 1 aliphatic rings. The Morgan fingerprint density at radius 3 is 2.70 bits per heavy atom. The average molecular weight is 310 g/mol. The van der Waals surface area contributed by atoms with E-state index in [2.05, 4.69) is 20.8 Å². The van der Waals surface area contributed by atoms with Crippen LogP contribution in [0.4, 0.5) is 0 Å². The van der Waals surface area contributed by atoms with Crippen LogP contribution in [-0.2, 0) is 12.4 Å². The van der Waals surface area contributed by atoms with E-state index in [4.69, 9.17) is 11.6 Å². The lowest BCUT2D eigenvalue weighted by atomic mass is 10.1. The van der Waals surface area contributed by atoms with Gasteiger partial charge in [0.05, 0.1) is 5.88 Å². The van der Waals surface area contributed by atoms with E-state index in [-0.39, 0.29) is 0 Å². The highest BCUT2D eigenvalue weighted by Gasteiger charge is 2.34. The lowest BCUT2D eigenvalue weighted by Gasteiger charge is -2.28. The van der Waals surface area contributed by atoms with Crippen LogP contribution in [0.3, 0.4) is 0 Å². The van der Waals surface area contributed by atoms with Crippen molar-refractivity contribution in [2.24, 2.45) is 0 Å². The summed E-state index contributed by atoms with van der Waals surface area (Å²) in [5.74, 6) is 1.39. The first kappa shape index (κ1) is 14.2. The van der Waals surface area contributed by atoms with Crippen LogP contribution in [0.5, 0.6) is 0 Å². The van der Waals surface area contributed by atoms with Crippen molar-refractivity contribution in [2.75, 3.05) is 6.26 Å². The van der Waals surface area contributed by atoms with E-state index in [0.29, 0.717) is 10.6 Å². The molecule has 108 valence electrons. The minimum atomic E-state index is 0.333. The largest absolute Gasteiger partial charge is 0.310 e. The van der Waals surface area contributed by atoms with E-state index in [1.165, 1.54) is 25.7 Å². The zero-order valence-electron chi connectivity index (χ0n) is 12.0. The number of fused-ring (bicyclic) bond motifs is 1. The van der Waals surface area contributed by atoms with Crippen molar-refractivity contribution in [3.8, 4) is 0 Å². The van der Waals surface area contributed by atoms with Crippen molar-refractivity contribution in [3.63, 3.8) is 0 Å². The normalized spacial score (nSPS) is 17.9. The standard InChI is InChI=1S/C15H20ClN3S/c1-11-5-6-12-14(17-11)19(13(9-16)18-12)10-15(20-2)7-3-4-8-15/h5-6H,3-4,7-10H2,1-2H3. The third-order valence-corrected chi connectivity index (χ3v) is 5.97. The molecule has 0 amide bonds. The molecule has 2 aromatic rings. The van der Waals surface area contributed by atoms with E-state index in [1.54, 1.807) is 0 Å². The van der Waals surface area contributed by atoms with Gasteiger partial charge in [-0.3, -0.25) is 0 Å². The number of thioether (sulfide) groups is 1.